The van der Waals surface area contributed by atoms with Gasteiger partial charge in [-0.2, -0.15) is 0 Å². The van der Waals surface area contributed by atoms with Crippen LogP contribution in [0.15, 0.2) is 23.1 Å². The molecule has 1 aliphatic heterocycles. The minimum Gasteiger partial charge on any atom is -0.339 e. The molecule has 1 amide bonds. The van der Waals surface area contributed by atoms with Gasteiger partial charge in [0, 0.05) is 30.8 Å². The first-order valence-corrected chi connectivity index (χ1v) is 7.95. The summed E-state index contributed by atoms with van der Waals surface area (Å²) < 4.78 is 22.8. The van der Waals surface area contributed by atoms with Gasteiger partial charge in [0.2, 0.25) is 10.0 Å². The largest absolute Gasteiger partial charge is 0.339 e. The fourth-order valence-corrected chi connectivity index (χ4v) is 2.83. The normalized spacial score (nSPS) is 15.8. The van der Waals surface area contributed by atoms with Crippen LogP contribution in [0.1, 0.15) is 29.6 Å². The molecule has 0 spiro atoms. The van der Waals surface area contributed by atoms with E-state index in [1.807, 2.05) is 0 Å². The molecule has 114 valence electrons. The number of carbonyl (C=O) groups excluding carboxylic acids is 1. The Balaban J connectivity index is 2.44. The zero-order valence-corrected chi connectivity index (χ0v) is 12.0. The number of rotatable bonds is 3. The predicted molar refractivity (Wildman–Crippen MR) is 74.2 cm³/mol. The summed E-state index contributed by atoms with van der Waals surface area (Å²) in [6.07, 6.45) is 2.76. The average molecular weight is 313 g/mol. The molecule has 0 aliphatic carbocycles. The Kier molecular flexibility index (Phi) is 4.24. The quantitative estimate of drug-likeness (QED) is 0.655. The number of carbonyl (C=O) groups is 1. The molecule has 0 bridgehead atoms. The Morgan fingerprint density at radius 3 is 2.33 bits per heavy atom. The van der Waals surface area contributed by atoms with Gasteiger partial charge in [-0.1, -0.05) is 0 Å². The van der Waals surface area contributed by atoms with Crippen molar-refractivity contribution in [2.24, 2.45) is 5.14 Å². The third kappa shape index (κ3) is 3.56. The van der Waals surface area contributed by atoms with Gasteiger partial charge < -0.3 is 4.90 Å². The fraction of sp³-hybridized carbons (Fsp3) is 0.417. The van der Waals surface area contributed by atoms with E-state index in [4.69, 9.17) is 5.14 Å². The van der Waals surface area contributed by atoms with Crippen LogP contribution >= 0.6 is 0 Å². The first-order chi connectivity index (χ1) is 9.79. The minimum atomic E-state index is -4.12. The minimum absolute atomic E-state index is 0.0323. The summed E-state index contributed by atoms with van der Waals surface area (Å²) in [6, 6.07) is 3.01. The Morgan fingerprint density at radius 1 is 1.19 bits per heavy atom. The Labute approximate surface area is 121 Å². The van der Waals surface area contributed by atoms with Crippen LogP contribution in [0.2, 0.25) is 0 Å². The summed E-state index contributed by atoms with van der Waals surface area (Å²) in [5.41, 5.74) is -0.503. The third-order valence-corrected chi connectivity index (χ3v) is 4.21. The number of nitro benzene ring substituents is 1. The Morgan fingerprint density at radius 2 is 1.81 bits per heavy atom. The van der Waals surface area contributed by atoms with E-state index in [1.165, 1.54) is 0 Å². The van der Waals surface area contributed by atoms with Crippen LogP contribution in [-0.2, 0) is 10.0 Å². The number of hydrogen-bond donors (Lipinski definition) is 1. The maximum absolute atomic E-state index is 12.3. The van der Waals surface area contributed by atoms with Crippen molar-refractivity contribution < 1.29 is 18.1 Å². The predicted octanol–water partition coefficient (Wildman–Crippen LogP) is 0.868. The molecule has 0 unspecified atom stereocenters. The monoisotopic (exact) mass is 313 g/mol. The van der Waals surface area contributed by atoms with E-state index in [-0.39, 0.29) is 5.56 Å². The number of hydrogen-bond acceptors (Lipinski definition) is 5. The van der Waals surface area contributed by atoms with Crippen LogP contribution < -0.4 is 5.14 Å². The fourth-order valence-electron chi connectivity index (χ4n) is 2.26. The van der Waals surface area contributed by atoms with Crippen molar-refractivity contribution in [3.63, 3.8) is 0 Å². The first kappa shape index (κ1) is 15.4. The van der Waals surface area contributed by atoms with E-state index >= 15 is 0 Å². The lowest BCUT2D eigenvalue weighted by atomic mass is 10.1. The number of likely N-dealkylation sites (tertiary alicyclic amines) is 1. The molecule has 1 fully saturated rings. The smallest absolute Gasteiger partial charge is 0.271 e. The Bertz CT molecular complexity index is 680. The second-order valence-corrected chi connectivity index (χ2v) is 6.43. The summed E-state index contributed by atoms with van der Waals surface area (Å²) in [7, 11) is -4.12. The van der Waals surface area contributed by atoms with Gasteiger partial charge in [0.15, 0.2) is 0 Å². The molecule has 1 aromatic rings. The number of primary sulfonamides is 1. The van der Waals surface area contributed by atoms with Crippen molar-refractivity contribution in [1.29, 1.82) is 0 Å². The highest BCUT2D eigenvalue weighted by Crippen LogP contribution is 2.22. The second kappa shape index (κ2) is 5.78. The van der Waals surface area contributed by atoms with Crippen LogP contribution in [0.4, 0.5) is 5.69 Å². The standard InChI is InChI=1S/C12H15N3O5S/c13-21(19,20)11-7-9(6-10(8-11)15(17)18)12(16)14-4-2-1-3-5-14/h6-8H,1-5H2,(H2,13,19,20). The van der Waals surface area contributed by atoms with E-state index in [9.17, 15) is 23.3 Å². The molecule has 8 nitrogen and oxygen atoms in total. The van der Waals surface area contributed by atoms with Crippen molar-refractivity contribution in [3.8, 4) is 0 Å². The van der Waals surface area contributed by atoms with Crippen LogP contribution in [-0.4, -0.2) is 37.2 Å². The molecule has 1 heterocycles. The highest BCUT2D eigenvalue weighted by atomic mass is 32.2. The maximum atomic E-state index is 12.3. The lowest BCUT2D eigenvalue weighted by Gasteiger charge is -2.26. The molecule has 2 N–H and O–H groups in total. The summed E-state index contributed by atoms with van der Waals surface area (Å²) in [4.78, 5) is 23.6. The number of non-ortho nitro benzene ring substituents is 1. The van der Waals surface area contributed by atoms with E-state index in [0.717, 1.165) is 37.5 Å². The van der Waals surface area contributed by atoms with Crippen LogP contribution in [0.3, 0.4) is 0 Å². The highest BCUT2D eigenvalue weighted by Gasteiger charge is 2.23. The molecular formula is C12H15N3O5S. The molecule has 1 saturated heterocycles. The van der Waals surface area contributed by atoms with Gasteiger partial charge in [-0.15, -0.1) is 0 Å². The zero-order valence-electron chi connectivity index (χ0n) is 11.2. The van der Waals surface area contributed by atoms with E-state index < -0.39 is 31.4 Å². The van der Waals surface area contributed by atoms with Gasteiger partial charge in [-0.25, -0.2) is 13.6 Å². The maximum Gasteiger partial charge on any atom is 0.271 e. The van der Waals surface area contributed by atoms with E-state index in [0.29, 0.717) is 13.1 Å². The SMILES string of the molecule is NS(=O)(=O)c1cc(C(=O)N2CCCCC2)cc([N+](=O)[O-])c1. The van der Waals surface area contributed by atoms with Gasteiger partial charge >= 0.3 is 0 Å². The summed E-state index contributed by atoms with van der Waals surface area (Å²) in [5, 5.41) is 15.9. The summed E-state index contributed by atoms with van der Waals surface area (Å²) >= 11 is 0. The third-order valence-electron chi connectivity index (χ3n) is 3.32. The first-order valence-electron chi connectivity index (χ1n) is 6.40. The van der Waals surface area contributed by atoms with Gasteiger partial charge in [-0.05, 0) is 25.3 Å². The number of sulfonamides is 1. The van der Waals surface area contributed by atoms with Crippen molar-refractivity contribution in [2.75, 3.05) is 13.1 Å². The molecule has 1 aliphatic rings. The second-order valence-electron chi connectivity index (χ2n) is 4.87. The highest BCUT2D eigenvalue weighted by molar-refractivity contribution is 7.89. The average Bonchev–Trinajstić information content (AvgIpc) is 2.46. The van der Waals surface area contributed by atoms with Crippen LogP contribution in [0.5, 0.6) is 0 Å². The van der Waals surface area contributed by atoms with Gasteiger partial charge in [0.1, 0.15) is 0 Å². The zero-order chi connectivity index (χ0) is 15.6. The van der Waals surface area contributed by atoms with E-state index in [2.05, 4.69) is 0 Å². The molecule has 0 radical (unpaired) electrons. The molecule has 1 aromatic carbocycles. The lowest BCUT2D eigenvalue weighted by molar-refractivity contribution is -0.385. The van der Waals surface area contributed by atoms with Crippen LogP contribution in [0.25, 0.3) is 0 Å². The van der Waals surface area contributed by atoms with Crippen molar-refractivity contribution in [2.45, 2.75) is 24.2 Å². The topological polar surface area (TPSA) is 124 Å². The summed E-state index contributed by atoms with van der Waals surface area (Å²) in [5.74, 6) is -0.414. The van der Waals surface area contributed by atoms with Crippen molar-refractivity contribution in [3.05, 3.63) is 33.9 Å². The Hall–Kier alpha value is -2.00. The molecule has 2 rings (SSSR count). The van der Waals surface area contributed by atoms with Gasteiger partial charge in [0.25, 0.3) is 11.6 Å². The van der Waals surface area contributed by atoms with Gasteiger partial charge in [-0.3, -0.25) is 14.9 Å². The number of amides is 1. The number of nitro groups is 1. The molecule has 9 heteroatoms. The van der Waals surface area contributed by atoms with E-state index in [1.54, 1.807) is 4.90 Å². The van der Waals surface area contributed by atoms with Gasteiger partial charge in [0.05, 0.1) is 9.82 Å². The van der Waals surface area contributed by atoms with Crippen LogP contribution in [0, 0.1) is 10.1 Å². The molecule has 0 saturated carbocycles. The molecule has 0 atom stereocenters. The lowest BCUT2D eigenvalue weighted by Crippen LogP contribution is -2.35. The summed E-state index contributed by atoms with van der Waals surface area (Å²) in [6.45, 7) is 1.12. The number of nitrogens with zero attached hydrogens (tertiary/aromatic N) is 2. The number of nitrogens with two attached hydrogens (primary N) is 1. The van der Waals surface area contributed by atoms with Crippen molar-refractivity contribution in [1.82, 2.24) is 4.90 Å². The van der Waals surface area contributed by atoms with Crippen molar-refractivity contribution >= 4 is 21.6 Å². The number of piperidine rings is 1. The molecule has 21 heavy (non-hydrogen) atoms. The molecule has 0 aromatic heterocycles. The molecular weight excluding hydrogens is 298 g/mol. The number of benzene rings is 1.